The number of fused-ring (bicyclic) bond motifs is 1. The minimum atomic E-state index is -0.560. The number of likely N-dealkylation sites (N-methyl/N-ethyl adjacent to an activating group) is 1. The number of rotatable bonds is 3. The Morgan fingerprint density at radius 2 is 2.26 bits per heavy atom. The molecule has 1 amide bonds. The summed E-state index contributed by atoms with van der Waals surface area (Å²) < 4.78 is 4.88. The van der Waals surface area contributed by atoms with Crippen LogP contribution in [0.5, 0.6) is 0 Å². The molecule has 2 rings (SSSR count). The molecule has 0 saturated heterocycles. The molecule has 1 aliphatic heterocycles. The van der Waals surface area contributed by atoms with E-state index in [2.05, 4.69) is 5.32 Å². The van der Waals surface area contributed by atoms with E-state index in [1.54, 1.807) is 31.0 Å². The van der Waals surface area contributed by atoms with Crippen LogP contribution < -0.4 is 16.0 Å². The fourth-order valence-corrected chi connectivity index (χ4v) is 2.13. The van der Waals surface area contributed by atoms with Crippen molar-refractivity contribution < 1.29 is 14.3 Å². The summed E-state index contributed by atoms with van der Waals surface area (Å²) in [5.41, 5.74) is 7.76. The third-order valence-corrected chi connectivity index (χ3v) is 3.09. The molecule has 1 unspecified atom stereocenters. The summed E-state index contributed by atoms with van der Waals surface area (Å²) >= 11 is 0. The zero-order valence-electron chi connectivity index (χ0n) is 11.0. The van der Waals surface area contributed by atoms with E-state index >= 15 is 0 Å². The molecule has 0 saturated carbocycles. The number of amides is 1. The summed E-state index contributed by atoms with van der Waals surface area (Å²) in [4.78, 5) is 25.3. The monoisotopic (exact) mass is 263 g/mol. The predicted molar refractivity (Wildman–Crippen MR) is 72.9 cm³/mol. The number of benzene rings is 1. The average molecular weight is 263 g/mol. The SMILES string of the molecule is CCOC(=O)CC1C(=O)Nc2cc(N)ccc2N1C. The van der Waals surface area contributed by atoms with Gasteiger partial charge in [0.15, 0.2) is 0 Å². The van der Waals surface area contributed by atoms with E-state index < -0.39 is 6.04 Å². The van der Waals surface area contributed by atoms with Gasteiger partial charge in [-0.3, -0.25) is 9.59 Å². The Bertz CT molecular complexity index is 516. The largest absolute Gasteiger partial charge is 0.466 e. The minimum Gasteiger partial charge on any atom is -0.466 e. The predicted octanol–water partition coefficient (Wildman–Crippen LogP) is 0.979. The van der Waals surface area contributed by atoms with Crippen LogP contribution in [0.25, 0.3) is 0 Å². The van der Waals surface area contributed by atoms with Gasteiger partial charge in [0.2, 0.25) is 5.91 Å². The van der Waals surface area contributed by atoms with Gasteiger partial charge in [-0.2, -0.15) is 0 Å². The fraction of sp³-hybridized carbons (Fsp3) is 0.385. The van der Waals surface area contributed by atoms with E-state index in [4.69, 9.17) is 10.5 Å². The molecule has 6 nitrogen and oxygen atoms in total. The van der Waals surface area contributed by atoms with Gasteiger partial charge in [-0.25, -0.2) is 0 Å². The Balaban J connectivity index is 2.22. The van der Waals surface area contributed by atoms with Crippen LogP contribution in [0.1, 0.15) is 13.3 Å². The van der Waals surface area contributed by atoms with Crippen LogP contribution in [-0.4, -0.2) is 31.6 Å². The van der Waals surface area contributed by atoms with Gasteiger partial charge in [-0.15, -0.1) is 0 Å². The molecule has 0 radical (unpaired) electrons. The van der Waals surface area contributed by atoms with Crippen molar-refractivity contribution in [2.24, 2.45) is 0 Å². The molecule has 0 fully saturated rings. The summed E-state index contributed by atoms with van der Waals surface area (Å²) in [5.74, 6) is -0.609. The third-order valence-electron chi connectivity index (χ3n) is 3.09. The Hall–Kier alpha value is -2.24. The van der Waals surface area contributed by atoms with Crippen molar-refractivity contribution in [2.45, 2.75) is 19.4 Å². The number of nitrogen functional groups attached to an aromatic ring is 1. The number of esters is 1. The van der Waals surface area contributed by atoms with Gasteiger partial charge in [0.05, 0.1) is 24.4 Å². The fourth-order valence-electron chi connectivity index (χ4n) is 2.13. The lowest BCUT2D eigenvalue weighted by Crippen LogP contribution is -2.47. The first-order valence-corrected chi connectivity index (χ1v) is 6.11. The van der Waals surface area contributed by atoms with Gasteiger partial charge in [0, 0.05) is 12.7 Å². The number of carbonyl (C=O) groups is 2. The van der Waals surface area contributed by atoms with Crippen LogP contribution in [0.3, 0.4) is 0 Å². The molecule has 1 aromatic rings. The zero-order valence-corrected chi connectivity index (χ0v) is 11.0. The van der Waals surface area contributed by atoms with Gasteiger partial charge in [-0.05, 0) is 25.1 Å². The van der Waals surface area contributed by atoms with Crippen LogP contribution in [0.15, 0.2) is 18.2 Å². The highest BCUT2D eigenvalue weighted by molar-refractivity contribution is 6.05. The molecule has 1 aliphatic rings. The molecule has 1 heterocycles. The summed E-state index contributed by atoms with van der Waals surface area (Å²) in [7, 11) is 1.78. The van der Waals surface area contributed by atoms with E-state index in [-0.39, 0.29) is 18.3 Å². The number of nitrogens with one attached hydrogen (secondary N) is 1. The summed E-state index contributed by atoms with van der Waals surface area (Å²) in [6, 6.07) is 4.72. The summed E-state index contributed by atoms with van der Waals surface area (Å²) in [5, 5.41) is 2.76. The first kappa shape index (κ1) is 13.2. The minimum absolute atomic E-state index is 0.0278. The Kier molecular flexibility index (Phi) is 3.59. The second-order valence-corrected chi connectivity index (χ2v) is 4.40. The summed E-state index contributed by atoms with van der Waals surface area (Å²) in [6.07, 6.45) is 0.0278. The van der Waals surface area contributed by atoms with Crippen LogP contribution in [0.4, 0.5) is 17.1 Å². The molecule has 0 bridgehead atoms. The van der Waals surface area contributed by atoms with Crippen molar-refractivity contribution in [3.05, 3.63) is 18.2 Å². The maximum absolute atomic E-state index is 12.0. The van der Waals surface area contributed by atoms with Gasteiger partial charge in [-0.1, -0.05) is 0 Å². The molecule has 102 valence electrons. The van der Waals surface area contributed by atoms with Gasteiger partial charge in [0.25, 0.3) is 0 Å². The molecule has 0 spiro atoms. The number of hydrogen-bond acceptors (Lipinski definition) is 5. The number of anilines is 3. The van der Waals surface area contributed by atoms with Gasteiger partial charge in [0.1, 0.15) is 6.04 Å². The molecule has 0 aliphatic carbocycles. The highest BCUT2D eigenvalue weighted by Crippen LogP contribution is 2.33. The van der Waals surface area contributed by atoms with Crippen molar-refractivity contribution in [1.82, 2.24) is 0 Å². The lowest BCUT2D eigenvalue weighted by atomic mass is 10.1. The number of carbonyl (C=O) groups excluding carboxylic acids is 2. The highest BCUT2D eigenvalue weighted by atomic mass is 16.5. The Morgan fingerprint density at radius 3 is 2.95 bits per heavy atom. The molecular formula is C13H17N3O3. The van der Waals surface area contributed by atoms with E-state index in [0.29, 0.717) is 18.0 Å². The number of nitrogens with two attached hydrogens (primary N) is 1. The Labute approximate surface area is 111 Å². The third kappa shape index (κ3) is 2.62. The maximum Gasteiger partial charge on any atom is 0.308 e. The van der Waals surface area contributed by atoms with E-state index in [1.165, 1.54) is 0 Å². The summed E-state index contributed by atoms with van der Waals surface area (Å²) in [6.45, 7) is 2.05. The van der Waals surface area contributed by atoms with Crippen molar-refractivity contribution in [2.75, 3.05) is 29.6 Å². The number of ether oxygens (including phenoxy) is 1. The second kappa shape index (κ2) is 5.17. The topological polar surface area (TPSA) is 84.7 Å². The van der Waals surface area contributed by atoms with Crippen LogP contribution in [0, 0.1) is 0 Å². The molecule has 1 atom stereocenters. The van der Waals surface area contributed by atoms with Crippen molar-refractivity contribution >= 4 is 28.9 Å². The molecule has 1 aromatic carbocycles. The van der Waals surface area contributed by atoms with Gasteiger partial charge < -0.3 is 20.7 Å². The standard InChI is InChI=1S/C13H17N3O3/c1-3-19-12(17)7-11-13(18)15-9-6-8(14)4-5-10(9)16(11)2/h4-6,11H,3,7,14H2,1-2H3,(H,15,18). The molecule has 3 N–H and O–H groups in total. The average Bonchev–Trinajstić information content (AvgIpc) is 2.34. The smallest absolute Gasteiger partial charge is 0.308 e. The first-order chi connectivity index (χ1) is 9.02. The highest BCUT2D eigenvalue weighted by Gasteiger charge is 2.32. The molecule has 19 heavy (non-hydrogen) atoms. The van der Waals surface area contributed by atoms with Crippen LogP contribution in [-0.2, 0) is 14.3 Å². The zero-order chi connectivity index (χ0) is 14.0. The van der Waals surface area contributed by atoms with Crippen molar-refractivity contribution in [1.29, 1.82) is 0 Å². The second-order valence-electron chi connectivity index (χ2n) is 4.40. The normalized spacial score (nSPS) is 17.7. The maximum atomic E-state index is 12.0. The van der Waals surface area contributed by atoms with Crippen molar-refractivity contribution in [3.8, 4) is 0 Å². The van der Waals surface area contributed by atoms with Crippen LogP contribution in [0.2, 0.25) is 0 Å². The first-order valence-electron chi connectivity index (χ1n) is 6.11. The van der Waals surface area contributed by atoms with Gasteiger partial charge >= 0.3 is 5.97 Å². The quantitative estimate of drug-likeness (QED) is 0.627. The molecule has 6 heteroatoms. The number of hydrogen-bond donors (Lipinski definition) is 2. The Morgan fingerprint density at radius 1 is 1.53 bits per heavy atom. The van der Waals surface area contributed by atoms with E-state index in [0.717, 1.165) is 5.69 Å². The van der Waals surface area contributed by atoms with Crippen molar-refractivity contribution in [3.63, 3.8) is 0 Å². The van der Waals surface area contributed by atoms with Crippen LogP contribution >= 0.6 is 0 Å². The van der Waals surface area contributed by atoms with E-state index in [9.17, 15) is 9.59 Å². The van der Waals surface area contributed by atoms with E-state index in [1.807, 2.05) is 6.07 Å². The number of nitrogens with zero attached hydrogens (tertiary/aromatic N) is 1. The molecule has 0 aromatic heterocycles. The lowest BCUT2D eigenvalue weighted by molar-refractivity contribution is -0.144. The lowest BCUT2D eigenvalue weighted by Gasteiger charge is -2.34. The molecular weight excluding hydrogens is 246 g/mol.